The second-order valence-corrected chi connectivity index (χ2v) is 9.01. The minimum absolute atomic E-state index is 0.0763. The van der Waals surface area contributed by atoms with E-state index < -0.39 is 5.92 Å². The van der Waals surface area contributed by atoms with Gasteiger partial charge in [-0.1, -0.05) is 23.7 Å². The van der Waals surface area contributed by atoms with Crippen LogP contribution in [0.4, 0.5) is 5.69 Å². The van der Waals surface area contributed by atoms with Crippen LogP contribution in [0.15, 0.2) is 53.5 Å². The summed E-state index contributed by atoms with van der Waals surface area (Å²) in [5.41, 5.74) is 1.58. The number of aliphatic imine (C=N–C) groups is 1. The smallest absolute Gasteiger partial charge is 0.298 e. The number of nitrogens with one attached hydrogen (secondary N) is 1. The monoisotopic (exact) mass is 498 g/mol. The standard InChI is InChI=1S/C23H23ClN6O3S/c1-14-26-23(34-28-14)33-18-10-8-17(9-11-18)27-22-25-12-19(20(31)29(2)3)21(32)30(22)13-15-4-6-16(24)7-5-15/h4-11,19H,12-13H2,1-3H3,(H,25,27). The summed E-state index contributed by atoms with van der Waals surface area (Å²) in [5, 5.41) is 4.27. The zero-order chi connectivity index (χ0) is 24.2. The molecule has 0 fully saturated rings. The summed E-state index contributed by atoms with van der Waals surface area (Å²) in [6.07, 6.45) is 0. The fraction of sp³-hybridized carbons (Fsp3) is 0.261. The number of aromatic nitrogens is 2. The van der Waals surface area contributed by atoms with E-state index in [1.807, 2.05) is 24.3 Å². The number of guanidine groups is 1. The molecule has 1 atom stereocenters. The van der Waals surface area contributed by atoms with E-state index in [0.717, 1.165) is 5.56 Å². The highest BCUT2D eigenvalue weighted by Gasteiger charge is 2.37. The maximum atomic E-state index is 13.3. The highest BCUT2D eigenvalue weighted by molar-refractivity contribution is 7.07. The van der Waals surface area contributed by atoms with Gasteiger partial charge in [0.15, 0.2) is 0 Å². The molecule has 0 saturated heterocycles. The van der Waals surface area contributed by atoms with Crippen molar-refractivity contribution in [2.45, 2.75) is 13.5 Å². The van der Waals surface area contributed by atoms with Crippen LogP contribution in [0.25, 0.3) is 0 Å². The predicted octanol–water partition coefficient (Wildman–Crippen LogP) is 3.81. The minimum atomic E-state index is -0.862. The van der Waals surface area contributed by atoms with Gasteiger partial charge < -0.3 is 15.0 Å². The van der Waals surface area contributed by atoms with Crippen molar-refractivity contribution in [2.75, 3.05) is 26.0 Å². The third-order valence-corrected chi connectivity index (χ3v) is 6.00. The summed E-state index contributed by atoms with van der Waals surface area (Å²) >= 11 is 7.18. The molecule has 176 valence electrons. The van der Waals surface area contributed by atoms with Gasteiger partial charge in [-0.2, -0.15) is 9.36 Å². The lowest BCUT2D eigenvalue weighted by Crippen LogP contribution is -2.52. The molecule has 4 rings (SSSR count). The molecular weight excluding hydrogens is 476 g/mol. The Bertz CT molecular complexity index is 1210. The van der Waals surface area contributed by atoms with Gasteiger partial charge in [0.1, 0.15) is 17.5 Å². The van der Waals surface area contributed by atoms with Crippen molar-refractivity contribution in [1.82, 2.24) is 19.2 Å². The summed E-state index contributed by atoms with van der Waals surface area (Å²) in [6, 6.07) is 14.4. The maximum absolute atomic E-state index is 13.3. The van der Waals surface area contributed by atoms with E-state index in [0.29, 0.717) is 33.4 Å². The van der Waals surface area contributed by atoms with E-state index in [2.05, 4.69) is 19.7 Å². The summed E-state index contributed by atoms with van der Waals surface area (Å²) in [4.78, 5) is 37.5. The van der Waals surface area contributed by atoms with E-state index >= 15 is 0 Å². The molecule has 2 heterocycles. The van der Waals surface area contributed by atoms with Gasteiger partial charge >= 0.3 is 0 Å². The molecule has 0 radical (unpaired) electrons. The zero-order valence-corrected chi connectivity index (χ0v) is 20.4. The number of rotatable bonds is 6. The molecule has 1 aromatic heterocycles. The number of hydrogen-bond donors (Lipinski definition) is 1. The number of hydrogen-bond acceptors (Lipinski definition) is 8. The molecule has 0 bridgehead atoms. The average molecular weight is 499 g/mol. The largest absolute Gasteiger partial charge is 0.430 e. The SMILES string of the molecule is Cc1nsc(Oc2ccc(NC3=NCC(C(=O)N(C)C)C(=O)N3Cc3ccc(Cl)cc3)cc2)n1. The normalized spacial score (nSPS) is 15.6. The van der Waals surface area contributed by atoms with Crippen molar-refractivity contribution in [3.8, 4) is 10.9 Å². The Morgan fingerprint density at radius 1 is 1.21 bits per heavy atom. The van der Waals surface area contributed by atoms with Crippen molar-refractivity contribution in [3.63, 3.8) is 0 Å². The van der Waals surface area contributed by atoms with Crippen LogP contribution >= 0.6 is 23.1 Å². The van der Waals surface area contributed by atoms with Crippen LogP contribution in [-0.2, 0) is 16.1 Å². The summed E-state index contributed by atoms with van der Waals surface area (Å²) in [7, 11) is 3.26. The first kappa shape index (κ1) is 23.7. The van der Waals surface area contributed by atoms with Crippen LogP contribution in [0.5, 0.6) is 10.9 Å². The Labute approximate surface area is 206 Å². The van der Waals surface area contributed by atoms with Gasteiger partial charge in [-0.05, 0) is 48.9 Å². The molecule has 2 aromatic carbocycles. The number of nitrogens with zero attached hydrogens (tertiary/aromatic N) is 5. The molecule has 9 nitrogen and oxygen atoms in total. The van der Waals surface area contributed by atoms with Crippen molar-refractivity contribution >= 4 is 46.6 Å². The molecular formula is C23H23ClN6O3S. The van der Waals surface area contributed by atoms with Crippen LogP contribution in [0.2, 0.25) is 5.02 Å². The third-order valence-electron chi connectivity index (χ3n) is 5.06. The minimum Gasteiger partial charge on any atom is -0.430 e. The van der Waals surface area contributed by atoms with Gasteiger partial charge in [-0.25, -0.2) is 0 Å². The number of carbonyl (C=O) groups excluding carboxylic acids is 2. The van der Waals surface area contributed by atoms with Crippen molar-refractivity contribution < 1.29 is 14.3 Å². The number of aryl methyl sites for hydroxylation is 1. The first-order valence-electron chi connectivity index (χ1n) is 10.5. The van der Waals surface area contributed by atoms with Crippen molar-refractivity contribution in [2.24, 2.45) is 10.9 Å². The Balaban J connectivity index is 1.54. The highest BCUT2D eigenvalue weighted by atomic mass is 35.5. The van der Waals surface area contributed by atoms with Gasteiger partial charge in [-0.3, -0.25) is 19.5 Å². The quantitative estimate of drug-likeness (QED) is 0.519. The van der Waals surface area contributed by atoms with Gasteiger partial charge in [0.25, 0.3) is 5.19 Å². The lowest BCUT2D eigenvalue weighted by Gasteiger charge is -2.32. The van der Waals surface area contributed by atoms with Crippen LogP contribution in [0.3, 0.4) is 0 Å². The lowest BCUT2D eigenvalue weighted by atomic mass is 10.0. The number of benzene rings is 2. The highest BCUT2D eigenvalue weighted by Crippen LogP contribution is 2.25. The van der Waals surface area contributed by atoms with E-state index in [1.54, 1.807) is 45.3 Å². The van der Waals surface area contributed by atoms with Gasteiger partial charge in [0.2, 0.25) is 17.8 Å². The zero-order valence-electron chi connectivity index (χ0n) is 18.9. The molecule has 1 unspecified atom stereocenters. The number of halogens is 1. The van der Waals surface area contributed by atoms with E-state index in [1.165, 1.54) is 21.3 Å². The Morgan fingerprint density at radius 2 is 1.91 bits per heavy atom. The molecule has 1 aliphatic heterocycles. The second kappa shape index (κ2) is 10.2. The molecule has 1 N–H and O–H groups in total. The van der Waals surface area contributed by atoms with Crippen LogP contribution in [0, 0.1) is 12.8 Å². The fourth-order valence-corrected chi connectivity index (χ4v) is 4.00. The lowest BCUT2D eigenvalue weighted by molar-refractivity contribution is -0.144. The van der Waals surface area contributed by atoms with E-state index in [4.69, 9.17) is 16.3 Å². The average Bonchev–Trinajstić information content (AvgIpc) is 3.23. The maximum Gasteiger partial charge on any atom is 0.298 e. The first-order chi connectivity index (χ1) is 16.3. The summed E-state index contributed by atoms with van der Waals surface area (Å²) in [6.45, 7) is 2.12. The third kappa shape index (κ3) is 5.52. The van der Waals surface area contributed by atoms with Gasteiger partial charge in [0.05, 0.1) is 13.1 Å². The Hall–Kier alpha value is -3.50. The van der Waals surface area contributed by atoms with Crippen molar-refractivity contribution in [3.05, 3.63) is 64.9 Å². The molecule has 0 saturated carbocycles. The first-order valence-corrected chi connectivity index (χ1v) is 11.6. The molecule has 2 amide bonds. The van der Waals surface area contributed by atoms with Gasteiger partial charge in [-0.15, -0.1) is 0 Å². The van der Waals surface area contributed by atoms with Crippen molar-refractivity contribution in [1.29, 1.82) is 0 Å². The predicted molar refractivity (Wildman–Crippen MR) is 131 cm³/mol. The number of carbonyl (C=O) groups is 2. The van der Waals surface area contributed by atoms with Crippen LogP contribution in [0.1, 0.15) is 11.4 Å². The fourth-order valence-electron chi connectivity index (χ4n) is 3.32. The molecule has 3 aromatic rings. The molecule has 34 heavy (non-hydrogen) atoms. The number of ether oxygens (including phenoxy) is 1. The Kier molecular flexibility index (Phi) is 7.09. The van der Waals surface area contributed by atoms with Crippen LogP contribution in [-0.4, -0.2) is 57.6 Å². The topological polar surface area (TPSA) is 100 Å². The van der Waals surface area contributed by atoms with E-state index in [9.17, 15) is 9.59 Å². The summed E-state index contributed by atoms with van der Waals surface area (Å²) in [5.74, 6) is 0.193. The summed E-state index contributed by atoms with van der Waals surface area (Å²) < 4.78 is 9.80. The second-order valence-electron chi connectivity index (χ2n) is 7.86. The molecule has 1 aliphatic rings. The molecule has 11 heteroatoms. The van der Waals surface area contributed by atoms with Crippen LogP contribution < -0.4 is 10.1 Å². The molecule has 0 aliphatic carbocycles. The molecule has 0 spiro atoms. The van der Waals surface area contributed by atoms with Gasteiger partial charge in [0, 0.05) is 36.3 Å². The number of amides is 2. The Morgan fingerprint density at radius 3 is 2.53 bits per heavy atom. The van der Waals surface area contributed by atoms with E-state index in [-0.39, 0.29) is 24.9 Å². The number of anilines is 1.